The van der Waals surface area contributed by atoms with E-state index in [2.05, 4.69) is 0 Å². The van der Waals surface area contributed by atoms with E-state index in [0.29, 0.717) is 12.8 Å². The zero-order valence-electron chi connectivity index (χ0n) is 10.1. The van der Waals surface area contributed by atoms with Gasteiger partial charge in [-0.05, 0) is 25.0 Å². The molecule has 102 valence electrons. The van der Waals surface area contributed by atoms with Crippen molar-refractivity contribution in [1.29, 1.82) is 5.26 Å². The van der Waals surface area contributed by atoms with Crippen LogP contribution in [0.5, 0.6) is 0 Å². The van der Waals surface area contributed by atoms with Crippen molar-refractivity contribution in [2.24, 2.45) is 0 Å². The van der Waals surface area contributed by atoms with Crippen LogP contribution in [0.1, 0.15) is 18.4 Å². The summed E-state index contributed by atoms with van der Waals surface area (Å²) in [6.45, 7) is -0.00856. The first-order valence-electron chi connectivity index (χ1n) is 5.83. The van der Waals surface area contributed by atoms with E-state index in [1.807, 2.05) is 0 Å². The van der Waals surface area contributed by atoms with Gasteiger partial charge in [0.1, 0.15) is 22.3 Å². The van der Waals surface area contributed by atoms with E-state index in [1.165, 1.54) is 12.1 Å². The van der Waals surface area contributed by atoms with Gasteiger partial charge in [0.05, 0.1) is 6.61 Å². The van der Waals surface area contributed by atoms with E-state index in [9.17, 15) is 17.9 Å². The van der Waals surface area contributed by atoms with Gasteiger partial charge >= 0.3 is 0 Å². The molecule has 0 bridgehead atoms. The number of halogens is 1. The van der Waals surface area contributed by atoms with Crippen LogP contribution < -0.4 is 0 Å². The second-order valence-electron chi connectivity index (χ2n) is 4.32. The van der Waals surface area contributed by atoms with Crippen LogP contribution in [-0.4, -0.2) is 37.0 Å². The third-order valence-corrected chi connectivity index (χ3v) is 5.20. The third-order valence-electron chi connectivity index (χ3n) is 3.21. The summed E-state index contributed by atoms with van der Waals surface area (Å²) in [5.41, 5.74) is -0.480. The van der Waals surface area contributed by atoms with Crippen LogP contribution in [0.25, 0.3) is 0 Å². The summed E-state index contributed by atoms with van der Waals surface area (Å²) in [7, 11) is -3.95. The predicted octanol–water partition coefficient (Wildman–Crippen LogP) is 0.843. The van der Waals surface area contributed by atoms with Crippen molar-refractivity contribution in [3.63, 3.8) is 0 Å². The predicted molar refractivity (Wildman–Crippen MR) is 65.1 cm³/mol. The molecule has 1 fully saturated rings. The molecule has 5 nitrogen and oxygen atoms in total. The molecular weight excluding hydrogens is 271 g/mol. The van der Waals surface area contributed by atoms with Gasteiger partial charge in [0.25, 0.3) is 0 Å². The Kier molecular flexibility index (Phi) is 3.85. The van der Waals surface area contributed by atoms with E-state index < -0.39 is 27.4 Å². The standard InChI is InChI=1S/C12H13FN2O3S/c13-11-4-1-5-12(10(11)7-14)19(17,18)15-6-2-3-9(15)8-16/h1,4-5,9,16H,2-3,6,8H2/t9-/m1/s1. The molecule has 2 rings (SSSR count). The van der Waals surface area contributed by atoms with Crippen molar-refractivity contribution < 1.29 is 17.9 Å². The molecule has 1 aromatic rings. The van der Waals surface area contributed by atoms with Crippen LogP contribution >= 0.6 is 0 Å². The quantitative estimate of drug-likeness (QED) is 0.892. The SMILES string of the molecule is N#Cc1c(F)cccc1S(=O)(=O)N1CCC[C@@H]1CO. The highest BCUT2D eigenvalue weighted by molar-refractivity contribution is 7.89. The lowest BCUT2D eigenvalue weighted by atomic mass is 10.2. The Hall–Kier alpha value is -1.49. The molecule has 7 heteroatoms. The normalized spacial score (nSPS) is 20.4. The fourth-order valence-electron chi connectivity index (χ4n) is 2.26. The Morgan fingerprint density at radius 1 is 1.53 bits per heavy atom. The smallest absolute Gasteiger partial charge is 0.244 e. The molecule has 1 aliphatic rings. The number of nitriles is 1. The molecule has 1 N–H and O–H groups in total. The van der Waals surface area contributed by atoms with Crippen LogP contribution in [-0.2, 0) is 10.0 Å². The van der Waals surface area contributed by atoms with E-state index in [4.69, 9.17) is 5.26 Å². The number of benzene rings is 1. The number of aliphatic hydroxyl groups excluding tert-OH is 1. The number of rotatable bonds is 3. The van der Waals surface area contributed by atoms with Crippen LogP contribution in [0.2, 0.25) is 0 Å². The molecule has 1 atom stereocenters. The number of hydrogen-bond acceptors (Lipinski definition) is 4. The molecule has 1 aromatic carbocycles. The van der Waals surface area contributed by atoms with Crippen LogP contribution in [0.3, 0.4) is 0 Å². The largest absolute Gasteiger partial charge is 0.395 e. The lowest BCUT2D eigenvalue weighted by Gasteiger charge is -2.22. The number of nitrogens with zero attached hydrogens (tertiary/aromatic N) is 2. The second kappa shape index (κ2) is 5.25. The number of sulfonamides is 1. The first-order chi connectivity index (χ1) is 9.02. The Morgan fingerprint density at radius 3 is 2.89 bits per heavy atom. The van der Waals surface area contributed by atoms with Crippen molar-refractivity contribution in [2.45, 2.75) is 23.8 Å². The minimum Gasteiger partial charge on any atom is -0.395 e. The van der Waals surface area contributed by atoms with Gasteiger partial charge in [0.15, 0.2) is 0 Å². The maximum absolute atomic E-state index is 13.5. The summed E-state index contributed by atoms with van der Waals surface area (Å²) in [5.74, 6) is -0.858. The monoisotopic (exact) mass is 284 g/mol. The summed E-state index contributed by atoms with van der Waals surface area (Å²) in [6, 6.07) is 4.60. The fraction of sp³-hybridized carbons (Fsp3) is 0.417. The maximum atomic E-state index is 13.5. The van der Waals surface area contributed by atoms with E-state index in [0.717, 1.165) is 10.4 Å². The van der Waals surface area contributed by atoms with Gasteiger partial charge in [0.2, 0.25) is 10.0 Å². The molecule has 0 aliphatic carbocycles. The summed E-state index contributed by atoms with van der Waals surface area (Å²) >= 11 is 0. The molecule has 1 aliphatic heterocycles. The highest BCUT2D eigenvalue weighted by Crippen LogP contribution is 2.28. The molecule has 19 heavy (non-hydrogen) atoms. The average molecular weight is 284 g/mol. The average Bonchev–Trinajstić information content (AvgIpc) is 2.87. The second-order valence-corrected chi connectivity index (χ2v) is 6.18. The maximum Gasteiger partial charge on any atom is 0.244 e. The highest BCUT2D eigenvalue weighted by Gasteiger charge is 2.36. The van der Waals surface area contributed by atoms with Gasteiger partial charge in [0, 0.05) is 12.6 Å². The van der Waals surface area contributed by atoms with Crippen LogP contribution in [0.4, 0.5) is 4.39 Å². The molecule has 0 spiro atoms. The zero-order valence-corrected chi connectivity index (χ0v) is 10.9. The van der Waals surface area contributed by atoms with Gasteiger partial charge in [-0.2, -0.15) is 9.57 Å². The zero-order chi connectivity index (χ0) is 14.0. The van der Waals surface area contributed by atoms with Crippen molar-refractivity contribution in [3.05, 3.63) is 29.6 Å². The summed E-state index contributed by atoms with van der Waals surface area (Å²) in [6.07, 6.45) is 1.20. The van der Waals surface area contributed by atoms with E-state index >= 15 is 0 Å². The Morgan fingerprint density at radius 2 is 2.26 bits per heavy atom. The highest BCUT2D eigenvalue weighted by atomic mass is 32.2. The van der Waals surface area contributed by atoms with Gasteiger partial charge in [-0.1, -0.05) is 6.07 Å². The van der Waals surface area contributed by atoms with E-state index in [1.54, 1.807) is 6.07 Å². The molecule has 1 saturated heterocycles. The summed E-state index contributed by atoms with van der Waals surface area (Å²) in [5, 5.41) is 18.1. The van der Waals surface area contributed by atoms with Gasteiger partial charge in [-0.15, -0.1) is 0 Å². The molecule has 0 aromatic heterocycles. The first kappa shape index (κ1) is 13.9. The fourth-order valence-corrected chi connectivity index (χ4v) is 4.10. The van der Waals surface area contributed by atoms with Crippen molar-refractivity contribution in [2.75, 3.05) is 13.2 Å². The lowest BCUT2D eigenvalue weighted by Crippen LogP contribution is -2.38. The molecular formula is C12H13FN2O3S. The Labute approximate surface area is 110 Å². The summed E-state index contributed by atoms with van der Waals surface area (Å²) < 4.78 is 39.5. The van der Waals surface area contributed by atoms with Crippen LogP contribution in [0.15, 0.2) is 23.1 Å². The third kappa shape index (κ3) is 2.34. The number of hydrogen-bond donors (Lipinski definition) is 1. The van der Waals surface area contributed by atoms with Crippen LogP contribution in [0, 0.1) is 17.1 Å². The molecule has 0 radical (unpaired) electrons. The summed E-state index contributed by atoms with van der Waals surface area (Å²) in [4.78, 5) is -0.338. The first-order valence-corrected chi connectivity index (χ1v) is 7.27. The molecule has 0 unspecified atom stereocenters. The Bertz CT molecular complexity index is 624. The van der Waals surface area contributed by atoms with Crippen molar-refractivity contribution >= 4 is 10.0 Å². The van der Waals surface area contributed by atoms with E-state index in [-0.39, 0.29) is 18.0 Å². The Balaban J connectivity index is 2.52. The van der Waals surface area contributed by atoms with Gasteiger partial charge in [-0.3, -0.25) is 0 Å². The number of aliphatic hydroxyl groups is 1. The van der Waals surface area contributed by atoms with Gasteiger partial charge in [-0.25, -0.2) is 12.8 Å². The van der Waals surface area contributed by atoms with Crippen molar-refractivity contribution in [1.82, 2.24) is 4.31 Å². The molecule has 0 saturated carbocycles. The lowest BCUT2D eigenvalue weighted by molar-refractivity contribution is 0.213. The molecule has 0 amide bonds. The minimum atomic E-state index is -3.95. The van der Waals surface area contributed by atoms with Crippen molar-refractivity contribution in [3.8, 4) is 6.07 Å². The van der Waals surface area contributed by atoms with Gasteiger partial charge < -0.3 is 5.11 Å². The topological polar surface area (TPSA) is 81.4 Å². The minimum absolute atomic E-state index is 0.273. The molecule has 1 heterocycles.